The number of carbonyl (C=O) groups excluding carboxylic acids is 1. The fraction of sp³-hybridized carbons (Fsp3) is 0.300. The van der Waals surface area contributed by atoms with E-state index in [1.54, 1.807) is 7.05 Å². The first-order chi connectivity index (χ1) is 13.1. The molecule has 0 bridgehead atoms. The maximum atomic E-state index is 13.1. The molecule has 1 aromatic carbocycles. The summed E-state index contributed by atoms with van der Waals surface area (Å²) in [6.45, 7) is 1.75. The molecule has 7 heteroatoms. The number of nitrogens with two attached hydrogens (primary N) is 1. The van der Waals surface area contributed by atoms with Crippen LogP contribution < -0.4 is 11.1 Å². The van der Waals surface area contributed by atoms with Gasteiger partial charge in [-0.05, 0) is 49.2 Å². The zero-order valence-electron chi connectivity index (χ0n) is 15.0. The molecule has 140 valence electrons. The zero-order chi connectivity index (χ0) is 19.0. The second kappa shape index (κ2) is 7.25. The van der Waals surface area contributed by atoms with Crippen molar-refractivity contribution < 1.29 is 9.18 Å². The summed E-state index contributed by atoms with van der Waals surface area (Å²) in [6.07, 6.45) is 2.13. The minimum Gasteiger partial charge on any atom is -0.397 e. The number of amides is 1. The molecule has 2 aromatic heterocycles. The van der Waals surface area contributed by atoms with Crippen LogP contribution in [-0.4, -0.2) is 29.4 Å². The number of nitrogens with zero attached hydrogens (tertiary/aromatic N) is 2. The molecule has 4 rings (SSSR count). The highest BCUT2D eigenvalue weighted by Gasteiger charge is 2.28. The van der Waals surface area contributed by atoms with Gasteiger partial charge in [0, 0.05) is 19.0 Å². The molecule has 0 spiro atoms. The van der Waals surface area contributed by atoms with Crippen molar-refractivity contribution in [1.29, 1.82) is 0 Å². The summed E-state index contributed by atoms with van der Waals surface area (Å²) in [5, 5.41) is 3.44. The number of fused-ring (bicyclic) bond motifs is 1. The number of likely N-dealkylation sites (tertiary alicyclic amines) is 1. The number of aromatic nitrogens is 1. The first-order valence-corrected chi connectivity index (χ1v) is 9.78. The lowest BCUT2D eigenvalue weighted by Gasteiger charge is -2.24. The zero-order valence-corrected chi connectivity index (χ0v) is 15.9. The first-order valence-electron chi connectivity index (χ1n) is 8.96. The molecule has 0 radical (unpaired) electrons. The first kappa shape index (κ1) is 17.9. The van der Waals surface area contributed by atoms with E-state index in [2.05, 4.69) is 10.2 Å². The maximum absolute atomic E-state index is 13.1. The molecule has 1 saturated heterocycles. The molecule has 1 fully saturated rings. The Hall–Kier alpha value is -2.51. The highest BCUT2D eigenvalue weighted by molar-refractivity contribution is 7.21. The standard InChI is InChI=1S/C20H21FN4OS/c1-23-19(26)18-17(22)14-8-9-15(24-20(14)27-18)16-3-2-10-25(16)11-12-4-6-13(21)7-5-12/h4-9,16H,2-3,10-11,22H2,1H3,(H,23,26)/t16-/m1/s1. The number of nitrogen functional groups attached to an aromatic ring is 1. The number of thiophene rings is 1. The molecular formula is C20H21FN4OS. The van der Waals surface area contributed by atoms with Crippen molar-refractivity contribution in [3.8, 4) is 0 Å². The summed E-state index contributed by atoms with van der Waals surface area (Å²) < 4.78 is 13.1. The van der Waals surface area contributed by atoms with Crippen molar-refractivity contribution in [2.45, 2.75) is 25.4 Å². The highest BCUT2D eigenvalue weighted by Crippen LogP contribution is 2.37. The Morgan fingerprint density at radius 1 is 1.33 bits per heavy atom. The molecule has 0 unspecified atom stereocenters. The third-order valence-electron chi connectivity index (χ3n) is 5.05. The molecule has 27 heavy (non-hydrogen) atoms. The van der Waals surface area contributed by atoms with E-state index in [0.717, 1.165) is 47.4 Å². The van der Waals surface area contributed by atoms with E-state index in [4.69, 9.17) is 10.7 Å². The van der Waals surface area contributed by atoms with Gasteiger partial charge in [-0.25, -0.2) is 9.37 Å². The fourth-order valence-electron chi connectivity index (χ4n) is 3.65. The number of halogens is 1. The number of benzene rings is 1. The molecule has 1 amide bonds. The molecule has 0 aliphatic carbocycles. The number of anilines is 1. The smallest absolute Gasteiger partial charge is 0.263 e. The van der Waals surface area contributed by atoms with E-state index in [1.807, 2.05) is 24.3 Å². The van der Waals surface area contributed by atoms with E-state index >= 15 is 0 Å². The number of hydrogen-bond acceptors (Lipinski definition) is 5. The van der Waals surface area contributed by atoms with Gasteiger partial charge in [0.1, 0.15) is 15.5 Å². The molecule has 5 nitrogen and oxygen atoms in total. The van der Waals surface area contributed by atoms with Crippen molar-refractivity contribution in [1.82, 2.24) is 15.2 Å². The normalized spacial score (nSPS) is 17.5. The predicted octanol–water partition coefficient (Wildman–Crippen LogP) is 3.71. The number of carbonyl (C=O) groups is 1. The van der Waals surface area contributed by atoms with Crippen molar-refractivity contribution in [2.24, 2.45) is 0 Å². The van der Waals surface area contributed by atoms with Crippen LogP contribution in [0.2, 0.25) is 0 Å². The molecular weight excluding hydrogens is 363 g/mol. The van der Waals surface area contributed by atoms with Crippen LogP contribution in [0, 0.1) is 5.82 Å². The Labute approximate surface area is 161 Å². The van der Waals surface area contributed by atoms with Crippen LogP contribution in [0.25, 0.3) is 10.2 Å². The predicted molar refractivity (Wildman–Crippen MR) is 106 cm³/mol. The summed E-state index contributed by atoms with van der Waals surface area (Å²) in [5.41, 5.74) is 8.70. The summed E-state index contributed by atoms with van der Waals surface area (Å²) >= 11 is 1.33. The summed E-state index contributed by atoms with van der Waals surface area (Å²) in [5.74, 6) is -0.401. The van der Waals surface area contributed by atoms with Gasteiger partial charge in [0.2, 0.25) is 0 Å². The van der Waals surface area contributed by atoms with Crippen LogP contribution in [0.5, 0.6) is 0 Å². The fourth-order valence-corrected chi connectivity index (χ4v) is 4.70. The van der Waals surface area contributed by atoms with E-state index in [0.29, 0.717) is 10.6 Å². The third kappa shape index (κ3) is 3.40. The average molecular weight is 384 g/mol. The van der Waals surface area contributed by atoms with E-state index in [9.17, 15) is 9.18 Å². The van der Waals surface area contributed by atoms with Crippen molar-refractivity contribution in [3.63, 3.8) is 0 Å². The Kier molecular flexibility index (Phi) is 4.80. The van der Waals surface area contributed by atoms with Crippen LogP contribution in [0.3, 0.4) is 0 Å². The Morgan fingerprint density at radius 2 is 2.11 bits per heavy atom. The monoisotopic (exact) mass is 384 g/mol. The van der Waals surface area contributed by atoms with Gasteiger partial charge >= 0.3 is 0 Å². The SMILES string of the molecule is CNC(=O)c1sc2nc([C@H]3CCCN3Cc3ccc(F)cc3)ccc2c1N. The van der Waals surface area contributed by atoms with Gasteiger partial charge in [-0.3, -0.25) is 9.69 Å². The van der Waals surface area contributed by atoms with Crippen LogP contribution in [0.4, 0.5) is 10.1 Å². The molecule has 0 saturated carbocycles. The van der Waals surface area contributed by atoms with Gasteiger partial charge in [-0.15, -0.1) is 11.3 Å². The van der Waals surface area contributed by atoms with Crippen molar-refractivity contribution >= 4 is 33.1 Å². The molecule has 1 aliphatic rings. The second-order valence-electron chi connectivity index (χ2n) is 6.77. The Balaban J connectivity index is 1.62. The van der Waals surface area contributed by atoms with Gasteiger partial charge < -0.3 is 11.1 Å². The third-order valence-corrected chi connectivity index (χ3v) is 6.17. The average Bonchev–Trinajstić information content (AvgIpc) is 3.27. The van der Waals surface area contributed by atoms with Crippen LogP contribution >= 0.6 is 11.3 Å². The van der Waals surface area contributed by atoms with Crippen molar-refractivity contribution in [2.75, 3.05) is 19.3 Å². The lowest BCUT2D eigenvalue weighted by Crippen LogP contribution is -2.23. The lowest BCUT2D eigenvalue weighted by molar-refractivity contribution is 0.0968. The van der Waals surface area contributed by atoms with Crippen molar-refractivity contribution in [3.05, 3.63) is 58.3 Å². The number of pyridine rings is 1. The molecule has 1 atom stereocenters. The second-order valence-corrected chi connectivity index (χ2v) is 7.77. The topological polar surface area (TPSA) is 71.2 Å². The number of rotatable bonds is 4. The molecule has 3 N–H and O–H groups in total. The van der Waals surface area contributed by atoms with E-state index in [-0.39, 0.29) is 17.8 Å². The van der Waals surface area contributed by atoms with Crippen LogP contribution in [-0.2, 0) is 6.54 Å². The largest absolute Gasteiger partial charge is 0.397 e. The van der Waals surface area contributed by atoms with Crippen LogP contribution in [0.1, 0.15) is 39.8 Å². The Bertz CT molecular complexity index is 986. The Morgan fingerprint density at radius 3 is 2.85 bits per heavy atom. The lowest BCUT2D eigenvalue weighted by atomic mass is 10.1. The van der Waals surface area contributed by atoms with E-state index < -0.39 is 0 Å². The van der Waals surface area contributed by atoms with Gasteiger partial charge in [0.05, 0.1) is 17.4 Å². The number of hydrogen-bond donors (Lipinski definition) is 2. The maximum Gasteiger partial charge on any atom is 0.263 e. The van der Waals surface area contributed by atoms with Gasteiger partial charge in [0.15, 0.2) is 0 Å². The van der Waals surface area contributed by atoms with Gasteiger partial charge in [0.25, 0.3) is 5.91 Å². The molecule has 3 heterocycles. The van der Waals surface area contributed by atoms with E-state index in [1.165, 1.54) is 23.5 Å². The van der Waals surface area contributed by atoms with Gasteiger partial charge in [-0.2, -0.15) is 0 Å². The molecule has 1 aliphatic heterocycles. The summed E-state index contributed by atoms with van der Waals surface area (Å²) in [4.78, 5) is 20.5. The number of nitrogens with one attached hydrogen (secondary N) is 1. The highest BCUT2D eigenvalue weighted by atomic mass is 32.1. The molecule has 3 aromatic rings. The summed E-state index contributed by atoms with van der Waals surface area (Å²) in [6, 6.07) is 10.8. The van der Waals surface area contributed by atoms with Crippen LogP contribution in [0.15, 0.2) is 36.4 Å². The summed E-state index contributed by atoms with van der Waals surface area (Å²) in [7, 11) is 1.59. The minimum absolute atomic E-state index is 0.184. The quantitative estimate of drug-likeness (QED) is 0.719. The minimum atomic E-state index is -0.217. The van der Waals surface area contributed by atoms with Gasteiger partial charge in [-0.1, -0.05) is 12.1 Å².